The summed E-state index contributed by atoms with van der Waals surface area (Å²) in [7, 11) is 0. The summed E-state index contributed by atoms with van der Waals surface area (Å²) in [4.78, 5) is 21.5. The first-order valence-corrected chi connectivity index (χ1v) is 10.00. The number of rotatable bonds is 5. The molecule has 1 fully saturated rings. The summed E-state index contributed by atoms with van der Waals surface area (Å²) in [6, 6.07) is 23.1. The van der Waals surface area contributed by atoms with Crippen LogP contribution in [0, 0.1) is 11.3 Å². The van der Waals surface area contributed by atoms with Gasteiger partial charge in [0.25, 0.3) is 5.91 Å². The Morgan fingerprint density at radius 3 is 2.33 bits per heavy atom. The third-order valence-electron chi connectivity index (χ3n) is 5.24. The van der Waals surface area contributed by atoms with E-state index in [0.717, 1.165) is 38.4 Å². The zero-order valence-electron chi connectivity index (χ0n) is 16.7. The van der Waals surface area contributed by atoms with Gasteiger partial charge in [-0.3, -0.25) is 9.69 Å². The molecule has 0 spiro atoms. The minimum atomic E-state index is -0.265. The van der Waals surface area contributed by atoms with Crippen LogP contribution in [-0.2, 0) is 6.54 Å². The Labute approximate surface area is 176 Å². The van der Waals surface area contributed by atoms with Gasteiger partial charge in [0, 0.05) is 38.4 Å². The van der Waals surface area contributed by atoms with E-state index in [1.807, 2.05) is 12.1 Å². The van der Waals surface area contributed by atoms with E-state index in [2.05, 4.69) is 50.4 Å². The van der Waals surface area contributed by atoms with Crippen molar-refractivity contribution in [2.24, 2.45) is 0 Å². The molecule has 0 aliphatic carbocycles. The lowest BCUT2D eigenvalue weighted by atomic mass is 10.2. The van der Waals surface area contributed by atoms with Gasteiger partial charge in [-0.1, -0.05) is 30.3 Å². The molecule has 1 saturated heterocycles. The third kappa shape index (κ3) is 4.83. The molecule has 0 atom stereocenters. The highest BCUT2D eigenvalue weighted by Crippen LogP contribution is 2.18. The van der Waals surface area contributed by atoms with Crippen LogP contribution in [0.4, 0.5) is 11.4 Å². The molecule has 0 unspecified atom stereocenters. The van der Waals surface area contributed by atoms with Gasteiger partial charge in [0.1, 0.15) is 5.69 Å². The van der Waals surface area contributed by atoms with Crippen LogP contribution in [0.15, 0.2) is 72.9 Å². The van der Waals surface area contributed by atoms with Gasteiger partial charge < -0.3 is 10.2 Å². The van der Waals surface area contributed by atoms with Crippen LogP contribution < -0.4 is 10.2 Å². The van der Waals surface area contributed by atoms with Crippen LogP contribution in [-0.4, -0.2) is 42.0 Å². The number of benzene rings is 2. The Kier molecular flexibility index (Phi) is 6.02. The van der Waals surface area contributed by atoms with E-state index in [-0.39, 0.29) is 5.91 Å². The van der Waals surface area contributed by atoms with Crippen LogP contribution in [0.2, 0.25) is 0 Å². The van der Waals surface area contributed by atoms with Gasteiger partial charge in [0.2, 0.25) is 0 Å². The number of nitriles is 1. The first kappa shape index (κ1) is 19.6. The van der Waals surface area contributed by atoms with Crippen LogP contribution in [0.1, 0.15) is 21.6 Å². The van der Waals surface area contributed by atoms with Gasteiger partial charge in [0.05, 0.1) is 23.5 Å². The lowest BCUT2D eigenvalue weighted by molar-refractivity contribution is 0.102. The van der Waals surface area contributed by atoms with Crippen LogP contribution in [0.25, 0.3) is 0 Å². The lowest BCUT2D eigenvalue weighted by Crippen LogP contribution is -2.46. The molecule has 1 aliphatic heterocycles. The van der Waals surface area contributed by atoms with Crippen molar-refractivity contribution in [3.8, 4) is 6.07 Å². The van der Waals surface area contributed by atoms with E-state index in [9.17, 15) is 4.79 Å². The number of hydrogen-bond acceptors (Lipinski definition) is 5. The molecule has 0 bridgehead atoms. The third-order valence-corrected chi connectivity index (χ3v) is 5.24. The van der Waals surface area contributed by atoms with Gasteiger partial charge >= 0.3 is 0 Å². The van der Waals surface area contributed by atoms with E-state index in [4.69, 9.17) is 5.26 Å². The van der Waals surface area contributed by atoms with Crippen LogP contribution in [0.3, 0.4) is 0 Å². The molecular weight excluding hydrogens is 374 g/mol. The number of carbonyl (C=O) groups excluding carboxylic acids is 1. The summed E-state index contributed by atoms with van der Waals surface area (Å²) in [5.41, 5.74) is 3.93. The fourth-order valence-electron chi connectivity index (χ4n) is 3.54. The number of pyridine rings is 1. The van der Waals surface area contributed by atoms with E-state index >= 15 is 0 Å². The highest BCUT2D eigenvalue weighted by atomic mass is 16.1. The van der Waals surface area contributed by atoms with Crippen molar-refractivity contribution in [1.82, 2.24) is 9.88 Å². The molecule has 1 amide bonds. The molecule has 1 N–H and O–H groups in total. The Morgan fingerprint density at radius 1 is 0.967 bits per heavy atom. The van der Waals surface area contributed by atoms with Crippen molar-refractivity contribution in [3.05, 3.63) is 89.7 Å². The molecular formula is C24H23N5O. The summed E-state index contributed by atoms with van der Waals surface area (Å²) in [5, 5.41) is 11.7. The molecule has 6 heteroatoms. The van der Waals surface area contributed by atoms with E-state index in [0.29, 0.717) is 16.9 Å². The fraction of sp³-hybridized carbons (Fsp3) is 0.208. The van der Waals surface area contributed by atoms with E-state index in [1.165, 1.54) is 5.56 Å². The normalized spacial score (nSPS) is 14.2. The number of aromatic nitrogens is 1. The number of carbonyl (C=O) groups is 1. The summed E-state index contributed by atoms with van der Waals surface area (Å²) in [5.74, 6) is -0.265. The van der Waals surface area contributed by atoms with Crippen LogP contribution in [0.5, 0.6) is 0 Å². The summed E-state index contributed by atoms with van der Waals surface area (Å²) in [6.45, 7) is 4.84. The molecule has 2 heterocycles. The maximum absolute atomic E-state index is 12.4. The van der Waals surface area contributed by atoms with Gasteiger partial charge in [0.15, 0.2) is 0 Å². The summed E-state index contributed by atoms with van der Waals surface area (Å²) < 4.78 is 0. The van der Waals surface area contributed by atoms with Gasteiger partial charge in [-0.15, -0.1) is 0 Å². The summed E-state index contributed by atoms with van der Waals surface area (Å²) in [6.07, 6.45) is 1.76. The second-order valence-electron chi connectivity index (χ2n) is 7.29. The number of hydrogen-bond donors (Lipinski definition) is 1. The summed E-state index contributed by atoms with van der Waals surface area (Å²) >= 11 is 0. The van der Waals surface area contributed by atoms with Crippen LogP contribution >= 0.6 is 0 Å². The molecule has 4 rings (SSSR count). The SMILES string of the molecule is N#Cc1ccc(NC(=O)c2ccc(N3CCN(Cc4ccccc4)CC3)cn2)cc1. The average Bonchev–Trinajstić information content (AvgIpc) is 2.81. The molecule has 1 aliphatic rings. The van der Waals surface area contributed by atoms with Crippen molar-refractivity contribution >= 4 is 17.3 Å². The molecule has 1 aromatic heterocycles. The van der Waals surface area contributed by atoms with E-state index in [1.54, 1.807) is 36.5 Å². The number of anilines is 2. The van der Waals surface area contributed by atoms with Crippen molar-refractivity contribution in [3.63, 3.8) is 0 Å². The quantitative estimate of drug-likeness (QED) is 0.713. The van der Waals surface area contributed by atoms with Gasteiger partial charge in [-0.2, -0.15) is 5.26 Å². The van der Waals surface area contributed by atoms with Crippen molar-refractivity contribution in [2.45, 2.75) is 6.54 Å². The fourth-order valence-corrected chi connectivity index (χ4v) is 3.54. The van der Waals surface area contributed by atoms with Crippen molar-refractivity contribution in [1.29, 1.82) is 5.26 Å². The minimum Gasteiger partial charge on any atom is -0.368 e. The predicted molar refractivity (Wildman–Crippen MR) is 117 cm³/mol. The maximum atomic E-state index is 12.4. The highest BCUT2D eigenvalue weighted by molar-refractivity contribution is 6.02. The van der Waals surface area contributed by atoms with Gasteiger partial charge in [-0.25, -0.2) is 4.98 Å². The number of nitrogens with zero attached hydrogens (tertiary/aromatic N) is 4. The molecule has 2 aromatic carbocycles. The Bertz CT molecular complexity index is 1020. The zero-order valence-corrected chi connectivity index (χ0v) is 16.7. The molecule has 0 radical (unpaired) electrons. The highest BCUT2D eigenvalue weighted by Gasteiger charge is 2.18. The Balaban J connectivity index is 1.31. The molecule has 150 valence electrons. The minimum absolute atomic E-state index is 0.265. The number of amides is 1. The average molecular weight is 397 g/mol. The number of piperazine rings is 1. The topological polar surface area (TPSA) is 72.3 Å². The molecule has 3 aromatic rings. The predicted octanol–water partition coefficient (Wildman–Crippen LogP) is 3.53. The molecule has 30 heavy (non-hydrogen) atoms. The standard InChI is InChI=1S/C24H23N5O/c25-16-19-6-8-21(9-7-19)27-24(30)23-11-10-22(17-26-23)29-14-12-28(13-15-29)18-20-4-2-1-3-5-20/h1-11,17H,12-15,18H2,(H,27,30). The zero-order chi connectivity index (χ0) is 20.8. The Hall–Kier alpha value is -3.69. The maximum Gasteiger partial charge on any atom is 0.274 e. The van der Waals surface area contributed by atoms with Gasteiger partial charge in [-0.05, 0) is 42.0 Å². The van der Waals surface area contributed by atoms with Crippen molar-refractivity contribution < 1.29 is 4.79 Å². The monoisotopic (exact) mass is 397 g/mol. The smallest absolute Gasteiger partial charge is 0.274 e. The second-order valence-corrected chi connectivity index (χ2v) is 7.29. The molecule has 0 saturated carbocycles. The second kappa shape index (κ2) is 9.21. The van der Waals surface area contributed by atoms with Crippen molar-refractivity contribution in [2.75, 3.05) is 36.4 Å². The lowest BCUT2D eigenvalue weighted by Gasteiger charge is -2.36. The first-order valence-electron chi connectivity index (χ1n) is 10.00. The number of nitrogens with one attached hydrogen (secondary N) is 1. The van der Waals surface area contributed by atoms with E-state index < -0.39 is 0 Å². The first-order chi connectivity index (χ1) is 14.7. The Morgan fingerprint density at radius 2 is 1.70 bits per heavy atom. The largest absolute Gasteiger partial charge is 0.368 e. The molecule has 6 nitrogen and oxygen atoms in total.